The maximum atomic E-state index is 13.4. The smallest absolute Gasteiger partial charge is 0.254 e. The molecular weight excluding hydrogens is 424 g/mol. The van der Waals surface area contributed by atoms with E-state index in [9.17, 15) is 9.59 Å². The van der Waals surface area contributed by atoms with Gasteiger partial charge in [0.15, 0.2) is 0 Å². The van der Waals surface area contributed by atoms with Crippen LogP contribution in [0.4, 0.5) is 0 Å². The molecule has 0 spiro atoms. The van der Waals surface area contributed by atoms with E-state index in [0.717, 1.165) is 22.1 Å². The Morgan fingerprint density at radius 3 is 2.29 bits per heavy atom. The number of hydrogen-bond donors (Lipinski definition) is 0. The molecule has 5 heteroatoms. The summed E-state index contributed by atoms with van der Waals surface area (Å²) >= 11 is 0. The van der Waals surface area contributed by atoms with E-state index >= 15 is 0 Å². The Hall–Kier alpha value is -4.12. The average Bonchev–Trinajstić information content (AvgIpc) is 3.27. The Bertz CT molecular complexity index is 1290. The summed E-state index contributed by atoms with van der Waals surface area (Å²) < 4.78 is 5.72. The first-order valence-electron chi connectivity index (χ1n) is 11.3. The molecule has 172 valence electrons. The molecule has 0 atom stereocenters. The summed E-state index contributed by atoms with van der Waals surface area (Å²) in [5.74, 6) is 1.14. The molecule has 1 heterocycles. The van der Waals surface area contributed by atoms with E-state index in [-0.39, 0.29) is 24.9 Å². The number of furan rings is 1. The number of nitrogens with zero attached hydrogens (tertiary/aromatic N) is 2. The summed E-state index contributed by atoms with van der Waals surface area (Å²) in [7, 11) is 0. The van der Waals surface area contributed by atoms with Gasteiger partial charge >= 0.3 is 0 Å². The van der Waals surface area contributed by atoms with Gasteiger partial charge in [0.25, 0.3) is 5.91 Å². The number of carbonyl (C=O) groups is 2. The molecule has 0 unspecified atom stereocenters. The molecule has 0 radical (unpaired) electrons. The van der Waals surface area contributed by atoms with Crippen molar-refractivity contribution in [1.82, 2.24) is 9.80 Å². The summed E-state index contributed by atoms with van der Waals surface area (Å²) in [5.41, 5.74) is 1.56. The topological polar surface area (TPSA) is 53.8 Å². The quantitative estimate of drug-likeness (QED) is 0.311. The first-order chi connectivity index (χ1) is 16.5. The number of benzene rings is 3. The van der Waals surface area contributed by atoms with Crippen LogP contribution in [0.5, 0.6) is 0 Å². The van der Waals surface area contributed by atoms with Crippen LogP contribution in [0.1, 0.15) is 27.4 Å². The van der Waals surface area contributed by atoms with Gasteiger partial charge in [-0.25, -0.2) is 0 Å². The summed E-state index contributed by atoms with van der Waals surface area (Å²) in [5, 5.41) is 2.05. The van der Waals surface area contributed by atoms with Crippen LogP contribution < -0.4 is 0 Å². The second-order valence-corrected chi connectivity index (χ2v) is 8.28. The fourth-order valence-corrected chi connectivity index (χ4v) is 3.94. The third kappa shape index (κ3) is 5.62. The van der Waals surface area contributed by atoms with E-state index < -0.39 is 0 Å². The van der Waals surface area contributed by atoms with Gasteiger partial charge in [-0.15, -0.1) is 6.58 Å². The van der Waals surface area contributed by atoms with Crippen molar-refractivity contribution in [2.45, 2.75) is 20.0 Å². The minimum Gasteiger partial charge on any atom is -0.464 e. The third-order valence-corrected chi connectivity index (χ3v) is 5.67. The van der Waals surface area contributed by atoms with Crippen molar-refractivity contribution in [1.29, 1.82) is 0 Å². The minimum absolute atomic E-state index is 0.0514. The Kier molecular flexibility index (Phi) is 7.23. The number of rotatable bonds is 9. The van der Waals surface area contributed by atoms with Crippen LogP contribution in [0, 0.1) is 6.92 Å². The Balaban J connectivity index is 1.55. The maximum Gasteiger partial charge on any atom is 0.254 e. The molecule has 0 aliphatic carbocycles. The van der Waals surface area contributed by atoms with E-state index in [1.807, 2.05) is 85.8 Å². The van der Waals surface area contributed by atoms with Gasteiger partial charge in [-0.1, -0.05) is 66.7 Å². The molecule has 0 aliphatic rings. The van der Waals surface area contributed by atoms with Crippen molar-refractivity contribution < 1.29 is 14.0 Å². The van der Waals surface area contributed by atoms with Crippen LogP contribution in [-0.2, 0) is 17.9 Å². The molecule has 5 nitrogen and oxygen atoms in total. The highest BCUT2D eigenvalue weighted by atomic mass is 16.3. The van der Waals surface area contributed by atoms with Gasteiger partial charge in [-0.05, 0) is 47.5 Å². The lowest BCUT2D eigenvalue weighted by atomic mass is 10.1. The number of carbonyl (C=O) groups excluding carboxylic acids is 2. The number of fused-ring (bicyclic) bond motifs is 1. The molecule has 34 heavy (non-hydrogen) atoms. The zero-order valence-electron chi connectivity index (χ0n) is 19.3. The monoisotopic (exact) mass is 452 g/mol. The molecule has 1 aromatic heterocycles. The van der Waals surface area contributed by atoms with Crippen molar-refractivity contribution in [2.24, 2.45) is 0 Å². The summed E-state index contributed by atoms with van der Waals surface area (Å²) in [6.07, 6.45) is 1.64. The lowest BCUT2D eigenvalue weighted by Crippen LogP contribution is -2.42. The predicted molar refractivity (Wildman–Crippen MR) is 134 cm³/mol. The lowest BCUT2D eigenvalue weighted by Gasteiger charge is -2.27. The second-order valence-electron chi connectivity index (χ2n) is 8.28. The summed E-state index contributed by atoms with van der Waals surface area (Å²) in [4.78, 5) is 30.0. The van der Waals surface area contributed by atoms with Crippen LogP contribution in [0.3, 0.4) is 0 Å². The van der Waals surface area contributed by atoms with Crippen molar-refractivity contribution in [3.8, 4) is 0 Å². The first kappa shape index (κ1) is 23.1. The van der Waals surface area contributed by atoms with Gasteiger partial charge in [-0.3, -0.25) is 9.59 Å². The van der Waals surface area contributed by atoms with E-state index in [4.69, 9.17) is 4.42 Å². The first-order valence-corrected chi connectivity index (χ1v) is 11.3. The van der Waals surface area contributed by atoms with Gasteiger partial charge < -0.3 is 14.2 Å². The Morgan fingerprint density at radius 2 is 1.59 bits per heavy atom. The van der Waals surface area contributed by atoms with Crippen LogP contribution in [0.25, 0.3) is 10.8 Å². The van der Waals surface area contributed by atoms with Crippen LogP contribution >= 0.6 is 0 Å². The highest BCUT2D eigenvalue weighted by Gasteiger charge is 2.23. The molecule has 3 aromatic carbocycles. The number of aryl methyl sites for hydroxylation is 1. The Morgan fingerprint density at radius 1 is 0.853 bits per heavy atom. The molecule has 0 aliphatic heterocycles. The molecule has 0 N–H and O–H groups in total. The van der Waals surface area contributed by atoms with E-state index in [1.165, 1.54) is 4.90 Å². The SMILES string of the molecule is C=CCN(CC(=O)N(Cc1ccccc1)Cc1ccc(C)o1)C(=O)c1ccc2ccccc2c1. The number of amides is 2. The number of hydrogen-bond acceptors (Lipinski definition) is 3. The normalized spacial score (nSPS) is 10.7. The molecule has 0 fully saturated rings. The van der Waals surface area contributed by atoms with Crippen LogP contribution in [0.2, 0.25) is 0 Å². The fraction of sp³-hybridized carbons (Fsp3) is 0.172. The largest absolute Gasteiger partial charge is 0.464 e. The van der Waals surface area contributed by atoms with Crippen molar-refractivity contribution in [2.75, 3.05) is 13.1 Å². The van der Waals surface area contributed by atoms with Gasteiger partial charge in [0, 0.05) is 18.7 Å². The molecular formula is C29H28N2O3. The molecule has 4 rings (SSSR count). The van der Waals surface area contributed by atoms with E-state index in [0.29, 0.717) is 24.4 Å². The van der Waals surface area contributed by atoms with Crippen molar-refractivity contribution in [3.63, 3.8) is 0 Å². The molecule has 0 bridgehead atoms. The van der Waals surface area contributed by atoms with Gasteiger partial charge in [0.1, 0.15) is 18.1 Å². The van der Waals surface area contributed by atoms with E-state index in [1.54, 1.807) is 17.0 Å². The molecule has 0 saturated heterocycles. The standard InChI is InChI=1S/C29H28N2O3/c1-3-17-30(29(33)26-15-14-24-11-7-8-12-25(24)18-26)21-28(32)31(19-23-9-5-4-6-10-23)20-27-16-13-22(2)34-27/h3-16,18H,1,17,19-21H2,2H3. The molecule has 2 amide bonds. The predicted octanol–water partition coefficient (Wildman–Crippen LogP) is 5.60. The summed E-state index contributed by atoms with van der Waals surface area (Å²) in [6, 6.07) is 27.1. The third-order valence-electron chi connectivity index (χ3n) is 5.67. The average molecular weight is 453 g/mol. The highest BCUT2D eigenvalue weighted by molar-refractivity contribution is 6.00. The minimum atomic E-state index is -0.201. The van der Waals surface area contributed by atoms with Crippen LogP contribution in [-0.4, -0.2) is 34.7 Å². The highest BCUT2D eigenvalue weighted by Crippen LogP contribution is 2.18. The summed E-state index contributed by atoms with van der Waals surface area (Å²) in [6.45, 7) is 6.63. The van der Waals surface area contributed by atoms with Crippen LogP contribution in [0.15, 0.2) is 102 Å². The van der Waals surface area contributed by atoms with E-state index in [2.05, 4.69) is 6.58 Å². The van der Waals surface area contributed by atoms with Gasteiger partial charge in [0.2, 0.25) is 5.91 Å². The second kappa shape index (κ2) is 10.7. The molecule has 0 saturated carbocycles. The fourth-order valence-electron chi connectivity index (χ4n) is 3.94. The lowest BCUT2D eigenvalue weighted by molar-refractivity contribution is -0.133. The van der Waals surface area contributed by atoms with Gasteiger partial charge in [-0.2, -0.15) is 0 Å². The Labute approximate surface area is 199 Å². The zero-order valence-corrected chi connectivity index (χ0v) is 19.3. The maximum absolute atomic E-state index is 13.4. The zero-order chi connectivity index (χ0) is 23.9. The van der Waals surface area contributed by atoms with Crippen molar-refractivity contribution in [3.05, 3.63) is 120 Å². The van der Waals surface area contributed by atoms with Crippen molar-refractivity contribution >= 4 is 22.6 Å². The molecule has 4 aromatic rings. The van der Waals surface area contributed by atoms with Gasteiger partial charge in [0.05, 0.1) is 6.54 Å².